The Morgan fingerprint density at radius 2 is 0.895 bits per heavy atom. The van der Waals surface area contributed by atoms with Gasteiger partial charge in [-0.2, -0.15) is 0 Å². The van der Waals surface area contributed by atoms with E-state index in [1.807, 2.05) is 0 Å². The SMILES string of the molecule is CCCOC1(OCCC)CCCCCCCC1.I.PC(c1ccccc1)(c1ccccc1)c1ccccc1. The van der Waals surface area contributed by atoms with Gasteiger partial charge in [-0.1, -0.05) is 131 Å². The summed E-state index contributed by atoms with van der Waals surface area (Å²) in [6, 6.07) is 31.9. The molecule has 208 valence electrons. The van der Waals surface area contributed by atoms with E-state index in [4.69, 9.17) is 9.47 Å². The fraction of sp³-hybridized carbons (Fsp3) is 0.471. The Morgan fingerprint density at radius 1 is 0.579 bits per heavy atom. The largest absolute Gasteiger partial charge is 0.350 e. The molecule has 0 bridgehead atoms. The van der Waals surface area contributed by atoms with Gasteiger partial charge >= 0.3 is 0 Å². The molecule has 3 aromatic rings. The molecule has 1 aliphatic rings. The molecule has 38 heavy (non-hydrogen) atoms. The number of ether oxygens (including phenoxy) is 2. The number of halogens is 1. The van der Waals surface area contributed by atoms with Gasteiger partial charge in [0.25, 0.3) is 0 Å². The fourth-order valence-electron chi connectivity index (χ4n) is 5.13. The normalized spacial score (nSPS) is 15.6. The summed E-state index contributed by atoms with van der Waals surface area (Å²) in [6.07, 6.45) is 12.3. The molecule has 1 aliphatic carbocycles. The van der Waals surface area contributed by atoms with Crippen molar-refractivity contribution in [1.29, 1.82) is 0 Å². The predicted octanol–water partition coefficient (Wildman–Crippen LogP) is 10.1. The molecule has 0 radical (unpaired) electrons. The molecule has 1 atom stereocenters. The van der Waals surface area contributed by atoms with E-state index < -0.39 is 0 Å². The quantitative estimate of drug-likeness (QED) is 0.0997. The molecule has 4 heteroatoms. The van der Waals surface area contributed by atoms with Crippen molar-refractivity contribution < 1.29 is 9.47 Å². The van der Waals surface area contributed by atoms with Gasteiger partial charge in [0.05, 0.1) is 5.16 Å². The standard InChI is InChI=1S/C19H17P.C15H30O2.HI/c20-19(16-10-4-1-5-11-16,17-12-6-2-7-13-17)18-14-8-3-9-15-18;1-3-13-16-15(17-14-4-2)11-9-7-5-6-8-10-12-15;/h1-15H,20H2;3-14H2,1-2H3;1H. The van der Waals surface area contributed by atoms with E-state index in [9.17, 15) is 0 Å². The van der Waals surface area contributed by atoms with Crippen molar-refractivity contribution in [2.75, 3.05) is 13.2 Å². The Hall–Kier alpha value is -1.26. The van der Waals surface area contributed by atoms with Crippen molar-refractivity contribution >= 4 is 33.2 Å². The highest BCUT2D eigenvalue weighted by molar-refractivity contribution is 14.0. The first-order valence-corrected chi connectivity index (χ1v) is 15.0. The molecular formula is C34H48IO2P. The van der Waals surface area contributed by atoms with Crippen LogP contribution in [0.15, 0.2) is 91.0 Å². The van der Waals surface area contributed by atoms with Crippen LogP contribution in [0.1, 0.15) is 94.7 Å². The average Bonchev–Trinajstić information content (AvgIpc) is 3.09. The molecule has 1 saturated carbocycles. The Balaban J connectivity index is 0.000000264. The third kappa shape index (κ3) is 9.73. The van der Waals surface area contributed by atoms with Crippen LogP contribution in [0.2, 0.25) is 0 Å². The van der Waals surface area contributed by atoms with Crippen molar-refractivity contribution in [3.05, 3.63) is 108 Å². The van der Waals surface area contributed by atoms with E-state index in [1.165, 1.54) is 55.2 Å². The molecule has 0 aliphatic heterocycles. The van der Waals surface area contributed by atoms with Gasteiger partial charge in [0.1, 0.15) is 0 Å². The molecule has 0 N–H and O–H groups in total. The van der Waals surface area contributed by atoms with Gasteiger partial charge in [-0.3, -0.25) is 0 Å². The minimum absolute atomic E-state index is 0. The summed E-state index contributed by atoms with van der Waals surface area (Å²) in [5, 5.41) is -0.205. The van der Waals surface area contributed by atoms with E-state index >= 15 is 0 Å². The second-order valence-corrected chi connectivity index (χ2v) is 11.0. The molecule has 0 spiro atoms. The highest BCUT2D eigenvalue weighted by Gasteiger charge is 2.32. The number of rotatable bonds is 9. The third-order valence-electron chi connectivity index (χ3n) is 7.19. The van der Waals surface area contributed by atoms with Gasteiger partial charge in [0, 0.05) is 26.1 Å². The van der Waals surface area contributed by atoms with E-state index in [0.717, 1.165) is 38.9 Å². The van der Waals surface area contributed by atoms with Crippen LogP contribution in [0, 0.1) is 0 Å². The van der Waals surface area contributed by atoms with Gasteiger partial charge in [-0.25, -0.2) is 0 Å². The first-order valence-electron chi connectivity index (χ1n) is 14.4. The number of benzene rings is 3. The summed E-state index contributed by atoms with van der Waals surface area (Å²) >= 11 is 0. The second-order valence-electron chi connectivity index (χ2n) is 10.1. The van der Waals surface area contributed by atoms with E-state index in [2.05, 4.69) is 114 Å². The molecular weight excluding hydrogens is 598 g/mol. The summed E-state index contributed by atoms with van der Waals surface area (Å²) < 4.78 is 12.2. The van der Waals surface area contributed by atoms with Crippen LogP contribution < -0.4 is 0 Å². The number of hydrogen-bond acceptors (Lipinski definition) is 2. The zero-order valence-corrected chi connectivity index (χ0v) is 26.9. The van der Waals surface area contributed by atoms with Crippen LogP contribution in [0.5, 0.6) is 0 Å². The molecule has 4 rings (SSSR count). The lowest BCUT2D eigenvalue weighted by Gasteiger charge is -2.34. The van der Waals surface area contributed by atoms with Crippen LogP contribution in [0.25, 0.3) is 0 Å². The average molecular weight is 647 g/mol. The molecule has 0 saturated heterocycles. The van der Waals surface area contributed by atoms with Crippen LogP contribution in [-0.2, 0) is 14.6 Å². The van der Waals surface area contributed by atoms with Crippen LogP contribution in [-0.4, -0.2) is 19.0 Å². The fourth-order valence-corrected chi connectivity index (χ4v) is 5.71. The first-order chi connectivity index (χ1) is 18.1. The van der Waals surface area contributed by atoms with Crippen LogP contribution >= 0.6 is 33.2 Å². The lowest BCUT2D eigenvalue weighted by Crippen LogP contribution is -2.36. The molecule has 0 amide bonds. The van der Waals surface area contributed by atoms with Crippen molar-refractivity contribution in [3.63, 3.8) is 0 Å². The predicted molar refractivity (Wildman–Crippen MR) is 176 cm³/mol. The first kappa shape index (κ1) is 32.9. The van der Waals surface area contributed by atoms with Gasteiger partial charge in [-0.05, 0) is 42.4 Å². The maximum Gasteiger partial charge on any atom is 0.168 e. The van der Waals surface area contributed by atoms with E-state index in [1.54, 1.807) is 0 Å². The van der Waals surface area contributed by atoms with Gasteiger partial charge in [0.15, 0.2) is 5.79 Å². The minimum atomic E-state index is -0.254. The summed E-state index contributed by atoms with van der Waals surface area (Å²) in [4.78, 5) is 0. The summed E-state index contributed by atoms with van der Waals surface area (Å²) in [6.45, 7) is 6.01. The highest BCUT2D eigenvalue weighted by atomic mass is 127. The Labute approximate surface area is 251 Å². The van der Waals surface area contributed by atoms with E-state index in [0.29, 0.717) is 0 Å². The van der Waals surface area contributed by atoms with Crippen molar-refractivity contribution in [1.82, 2.24) is 0 Å². The summed E-state index contributed by atoms with van der Waals surface area (Å²) in [7, 11) is 3.06. The van der Waals surface area contributed by atoms with Gasteiger partial charge in [-0.15, -0.1) is 33.2 Å². The smallest absolute Gasteiger partial charge is 0.168 e. The lowest BCUT2D eigenvalue weighted by molar-refractivity contribution is -0.246. The Bertz CT molecular complexity index is 864. The molecule has 1 unspecified atom stereocenters. The van der Waals surface area contributed by atoms with Crippen LogP contribution in [0.3, 0.4) is 0 Å². The molecule has 2 nitrogen and oxygen atoms in total. The van der Waals surface area contributed by atoms with E-state index in [-0.39, 0.29) is 34.9 Å². The Morgan fingerprint density at radius 3 is 1.21 bits per heavy atom. The maximum absolute atomic E-state index is 6.09. The monoisotopic (exact) mass is 646 g/mol. The zero-order chi connectivity index (χ0) is 26.2. The minimum Gasteiger partial charge on any atom is -0.350 e. The van der Waals surface area contributed by atoms with Gasteiger partial charge in [0.2, 0.25) is 0 Å². The molecule has 1 fully saturated rings. The summed E-state index contributed by atoms with van der Waals surface area (Å²) in [5.41, 5.74) is 3.84. The van der Waals surface area contributed by atoms with Crippen molar-refractivity contribution in [3.8, 4) is 0 Å². The molecule has 0 aromatic heterocycles. The molecule has 0 heterocycles. The highest BCUT2D eigenvalue weighted by Crippen LogP contribution is 2.44. The lowest BCUT2D eigenvalue weighted by atomic mass is 9.84. The second kappa shape index (κ2) is 18.2. The number of hydrogen-bond donors (Lipinski definition) is 0. The molecule has 3 aromatic carbocycles. The van der Waals surface area contributed by atoms with Crippen molar-refractivity contribution in [2.24, 2.45) is 0 Å². The zero-order valence-electron chi connectivity index (χ0n) is 23.4. The topological polar surface area (TPSA) is 18.5 Å². The van der Waals surface area contributed by atoms with Gasteiger partial charge < -0.3 is 9.47 Å². The third-order valence-corrected chi connectivity index (χ3v) is 8.19. The summed E-state index contributed by atoms with van der Waals surface area (Å²) in [5.74, 6) is -0.254. The van der Waals surface area contributed by atoms with Crippen molar-refractivity contribution in [2.45, 2.75) is 89.0 Å². The Kier molecular flexibility index (Phi) is 15.7. The van der Waals surface area contributed by atoms with Crippen LogP contribution in [0.4, 0.5) is 0 Å². The maximum atomic E-state index is 6.09.